The van der Waals surface area contributed by atoms with E-state index < -0.39 is 6.10 Å². The van der Waals surface area contributed by atoms with Crippen LogP contribution in [0.2, 0.25) is 5.02 Å². The predicted molar refractivity (Wildman–Crippen MR) is 76.8 cm³/mol. The Morgan fingerprint density at radius 3 is 2.47 bits per heavy atom. The molecule has 0 aliphatic rings. The quantitative estimate of drug-likeness (QED) is 0.774. The van der Waals surface area contributed by atoms with Crippen LogP contribution in [-0.2, 0) is 4.74 Å². The number of halogens is 1. The van der Waals surface area contributed by atoms with Crippen LogP contribution in [0.15, 0.2) is 6.20 Å². The van der Waals surface area contributed by atoms with Crippen molar-refractivity contribution in [2.75, 3.05) is 6.61 Å². The summed E-state index contributed by atoms with van der Waals surface area (Å²) in [7, 11) is 0. The lowest BCUT2D eigenvalue weighted by Gasteiger charge is -2.29. The molecule has 1 heterocycles. The molecule has 1 aromatic heterocycles. The number of hydrogen-bond acceptors (Lipinski definition) is 3. The van der Waals surface area contributed by atoms with Crippen LogP contribution < -0.4 is 0 Å². The highest BCUT2D eigenvalue weighted by atomic mass is 35.5. The maximum Gasteiger partial charge on any atom is 0.211 e. The maximum absolute atomic E-state index is 12.7. The number of carbonyl (C=O) groups is 1. The second-order valence-corrected chi connectivity index (χ2v) is 6.35. The van der Waals surface area contributed by atoms with E-state index in [9.17, 15) is 4.79 Å². The number of rotatable bonds is 5. The molecule has 108 valence electrons. The van der Waals surface area contributed by atoms with Gasteiger partial charge >= 0.3 is 0 Å². The van der Waals surface area contributed by atoms with E-state index in [0.29, 0.717) is 17.3 Å². The van der Waals surface area contributed by atoms with Gasteiger partial charge in [-0.1, -0.05) is 32.4 Å². The first-order valence-corrected chi connectivity index (χ1v) is 6.96. The summed E-state index contributed by atoms with van der Waals surface area (Å²) in [5.41, 5.74) is 0.146. The van der Waals surface area contributed by atoms with Gasteiger partial charge in [0, 0.05) is 12.6 Å². The molecule has 0 aromatic carbocycles. The van der Waals surface area contributed by atoms with E-state index in [1.165, 1.54) is 6.20 Å². The molecule has 19 heavy (non-hydrogen) atoms. The molecule has 1 atom stereocenters. The van der Waals surface area contributed by atoms with Crippen molar-refractivity contribution in [3.05, 3.63) is 16.9 Å². The number of Topliss-reactive ketones (excluding diaryl/α,β-unsaturated/α-hetero) is 1. The van der Waals surface area contributed by atoms with Gasteiger partial charge in [-0.2, -0.15) is 5.10 Å². The Morgan fingerprint density at radius 1 is 1.47 bits per heavy atom. The minimum atomic E-state index is -0.524. The number of ketones is 1. The molecule has 0 N–H and O–H groups in total. The highest BCUT2D eigenvalue weighted by Crippen LogP contribution is 2.29. The Morgan fingerprint density at radius 2 is 2.05 bits per heavy atom. The SMILES string of the molecule is CCOC(C(=O)c1c(Cl)cnn1C(C)C)C(C)(C)C. The number of nitrogens with zero attached hydrogens (tertiary/aromatic N) is 2. The van der Waals surface area contributed by atoms with Gasteiger partial charge in [0.05, 0.1) is 11.2 Å². The summed E-state index contributed by atoms with van der Waals surface area (Å²) in [6.45, 7) is 12.2. The Hall–Kier alpha value is -0.870. The van der Waals surface area contributed by atoms with Crippen LogP contribution in [-0.4, -0.2) is 28.3 Å². The third-order valence-electron chi connectivity index (χ3n) is 2.83. The topological polar surface area (TPSA) is 44.1 Å². The largest absolute Gasteiger partial charge is 0.370 e. The highest BCUT2D eigenvalue weighted by Gasteiger charge is 2.35. The first-order chi connectivity index (χ1) is 8.70. The zero-order chi connectivity index (χ0) is 14.8. The average molecular weight is 287 g/mol. The van der Waals surface area contributed by atoms with E-state index >= 15 is 0 Å². The van der Waals surface area contributed by atoms with Gasteiger partial charge in [0.2, 0.25) is 5.78 Å². The summed E-state index contributed by atoms with van der Waals surface area (Å²) < 4.78 is 7.29. The number of hydrogen-bond donors (Lipinski definition) is 0. The van der Waals surface area contributed by atoms with Crippen molar-refractivity contribution in [1.82, 2.24) is 9.78 Å². The van der Waals surface area contributed by atoms with Crippen LogP contribution in [0.3, 0.4) is 0 Å². The lowest BCUT2D eigenvalue weighted by molar-refractivity contribution is -0.00101. The van der Waals surface area contributed by atoms with Crippen LogP contribution >= 0.6 is 11.6 Å². The predicted octanol–water partition coefficient (Wildman–Crippen LogP) is 3.75. The lowest BCUT2D eigenvalue weighted by Crippen LogP contribution is -2.38. The van der Waals surface area contributed by atoms with E-state index in [4.69, 9.17) is 16.3 Å². The van der Waals surface area contributed by atoms with Gasteiger partial charge in [0.1, 0.15) is 11.8 Å². The average Bonchev–Trinajstić information content (AvgIpc) is 2.65. The van der Waals surface area contributed by atoms with E-state index in [1.807, 2.05) is 41.5 Å². The van der Waals surface area contributed by atoms with Gasteiger partial charge in [0.25, 0.3) is 0 Å². The first kappa shape index (κ1) is 16.2. The fourth-order valence-corrected chi connectivity index (χ4v) is 2.20. The summed E-state index contributed by atoms with van der Waals surface area (Å²) in [5.74, 6) is -0.106. The standard InChI is InChI=1S/C14H23ClN2O2/c1-7-19-13(14(4,5)6)12(18)11-10(15)8-16-17(11)9(2)3/h8-9,13H,7H2,1-6H3. The van der Waals surface area contributed by atoms with Crippen LogP contribution in [0.5, 0.6) is 0 Å². The maximum atomic E-state index is 12.7. The van der Waals surface area contributed by atoms with Crippen molar-refractivity contribution < 1.29 is 9.53 Å². The Labute approximate surface area is 120 Å². The zero-order valence-corrected chi connectivity index (χ0v) is 13.3. The molecule has 0 aliphatic heterocycles. The highest BCUT2D eigenvalue weighted by molar-refractivity contribution is 6.33. The zero-order valence-electron chi connectivity index (χ0n) is 12.5. The van der Waals surface area contributed by atoms with E-state index in [2.05, 4.69) is 5.10 Å². The molecule has 4 nitrogen and oxygen atoms in total. The molecule has 0 saturated heterocycles. The van der Waals surface area contributed by atoms with Gasteiger partial charge in [-0.05, 0) is 26.2 Å². The van der Waals surface area contributed by atoms with Crippen LogP contribution in [0.4, 0.5) is 0 Å². The van der Waals surface area contributed by atoms with Crippen LogP contribution in [0.25, 0.3) is 0 Å². The third-order valence-corrected chi connectivity index (χ3v) is 3.11. The Balaban J connectivity index is 3.20. The third kappa shape index (κ3) is 3.57. The van der Waals surface area contributed by atoms with Gasteiger partial charge in [-0.25, -0.2) is 0 Å². The van der Waals surface area contributed by atoms with E-state index in [-0.39, 0.29) is 17.2 Å². The molecule has 0 aliphatic carbocycles. The molecular formula is C14H23ClN2O2. The Kier molecular flexibility index (Phi) is 5.16. The molecule has 0 saturated carbocycles. The minimum absolute atomic E-state index is 0.0775. The van der Waals surface area contributed by atoms with Gasteiger partial charge in [-0.15, -0.1) is 0 Å². The molecular weight excluding hydrogens is 264 g/mol. The second-order valence-electron chi connectivity index (χ2n) is 5.95. The second kappa shape index (κ2) is 6.06. The minimum Gasteiger partial charge on any atom is -0.370 e. The summed E-state index contributed by atoms with van der Waals surface area (Å²) in [5, 5.41) is 4.55. The number of aromatic nitrogens is 2. The van der Waals surface area contributed by atoms with E-state index in [1.54, 1.807) is 4.68 Å². The molecule has 0 fully saturated rings. The normalized spacial score (nSPS) is 13.9. The van der Waals surface area contributed by atoms with Crippen LogP contribution in [0.1, 0.15) is 58.1 Å². The fraction of sp³-hybridized carbons (Fsp3) is 0.714. The summed E-state index contributed by atoms with van der Waals surface area (Å²) in [4.78, 5) is 12.7. The molecule has 1 rings (SSSR count). The fourth-order valence-electron chi connectivity index (χ4n) is 1.97. The Bertz CT molecular complexity index is 447. The molecule has 1 unspecified atom stereocenters. The van der Waals surface area contributed by atoms with Crippen molar-refractivity contribution in [1.29, 1.82) is 0 Å². The summed E-state index contributed by atoms with van der Waals surface area (Å²) in [6, 6.07) is 0.0775. The van der Waals surface area contributed by atoms with Gasteiger partial charge in [-0.3, -0.25) is 9.48 Å². The number of ether oxygens (including phenoxy) is 1. The summed E-state index contributed by atoms with van der Waals surface area (Å²) in [6.07, 6.45) is 0.990. The molecule has 0 bridgehead atoms. The van der Waals surface area contributed by atoms with Crippen molar-refractivity contribution in [3.63, 3.8) is 0 Å². The van der Waals surface area contributed by atoms with E-state index in [0.717, 1.165) is 0 Å². The molecule has 1 aromatic rings. The number of carbonyl (C=O) groups excluding carboxylic acids is 1. The smallest absolute Gasteiger partial charge is 0.211 e. The van der Waals surface area contributed by atoms with Crippen molar-refractivity contribution in [2.45, 2.75) is 53.7 Å². The van der Waals surface area contributed by atoms with Crippen molar-refractivity contribution in [3.8, 4) is 0 Å². The monoisotopic (exact) mass is 286 g/mol. The lowest BCUT2D eigenvalue weighted by atomic mass is 9.85. The van der Waals surface area contributed by atoms with Gasteiger partial charge < -0.3 is 4.74 Å². The van der Waals surface area contributed by atoms with Gasteiger partial charge in [0.15, 0.2) is 0 Å². The molecule has 5 heteroatoms. The molecule has 0 amide bonds. The molecule has 0 radical (unpaired) electrons. The van der Waals surface area contributed by atoms with Crippen LogP contribution in [0, 0.1) is 5.41 Å². The van der Waals surface area contributed by atoms with Crippen molar-refractivity contribution >= 4 is 17.4 Å². The van der Waals surface area contributed by atoms with Crippen molar-refractivity contribution in [2.24, 2.45) is 5.41 Å². The summed E-state index contributed by atoms with van der Waals surface area (Å²) >= 11 is 6.12. The molecule has 0 spiro atoms. The first-order valence-electron chi connectivity index (χ1n) is 6.59.